The lowest BCUT2D eigenvalue weighted by Gasteiger charge is -2.14. The second-order valence-electron chi connectivity index (χ2n) is 6.10. The van der Waals surface area contributed by atoms with Crippen molar-refractivity contribution in [3.05, 3.63) is 70.6 Å². The highest BCUT2D eigenvalue weighted by Gasteiger charge is 2.15. The molecule has 0 spiro atoms. The maximum atomic E-state index is 11.8. The number of fused-ring (bicyclic) bond motifs is 1. The minimum absolute atomic E-state index is 0.234. The molecule has 0 fully saturated rings. The summed E-state index contributed by atoms with van der Waals surface area (Å²) in [5.74, 6) is 1.07. The molecule has 4 rings (SSSR count). The number of aromatic nitrogens is 4. The lowest BCUT2D eigenvalue weighted by atomic mass is 10.1. The Hall–Kier alpha value is -3.61. The summed E-state index contributed by atoms with van der Waals surface area (Å²) in [6, 6.07) is 15.0. The predicted octanol–water partition coefficient (Wildman–Crippen LogP) is 2.91. The SMILES string of the molecule is COc1cc(=O)n(C)nc1-c1ccccc1OCc1ccc2[nH]ncc2c1. The molecule has 4 aromatic rings. The fraction of sp³-hybridized carbons (Fsp3) is 0.150. The van der Waals surface area contributed by atoms with Crippen molar-refractivity contribution < 1.29 is 9.47 Å². The van der Waals surface area contributed by atoms with E-state index in [2.05, 4.69) is 15.3 Å². The van der Waals surface area contributed by atoms with Gasteiger partial charge in [0.2, 0.25) is 0 Å². The van der Waals surface area contributed by atoms with Gasteiger partial charge in [0, 0.05) is 24.1 Å². The first-order valence-electron chi connectivity index (χ1n) is 8.42. The third-order valence-electron chi connectivity index (χ3n) is 4.32. The van der Waals surface area contributed by atoms with Gasteiger partial charge in [0.15, 0.2) is 5.75 Å². The molecule has 0 aliphatic rings. The largest absolute Gasteiger partial charge is 0.494 e. The number of hydrogen-bond donors (Lipinski definition) is 1. The molecule has 0 bridgehead atoms. The van der Waals surface area contributed by atoms with E-state index >= 15 is 0 Å². The van der Waals surface area contributed by atoms with Crippen LogP contribution in [0, 0.1) is 0 Å². The van der Waals surface area contributed by atoms with Crippen LogP contribution in [0.5, 0.6) is 11.5 Å². The summed E-state index contributed by atoms with van der Waals surface area (Å²) in [7, 11) is 3.12. The van der Waals surface area contributed by atoms with Crippen molar-refractivity contribution in [3.63, 3.8) is 0 Å². The molecule has 27 heavy (non-hydrogen) atoms. The van der Waals surface area contributed by atoms with E-state index in [0.717, 1.165) is 22.0 Å². The van der Waals surface area contributed by atoms with E-state index in [4.69, 9.17) is 9.47 Å². The molecule has 0 aliphatic heterocycles. The molecule has 0 unspecified atom stereocenters. The highest BCUT2D eigenvalue weighted by atomic mass is 16.5. The van der Waals surface area contributed by atoms with Crippen LogP contribution in [-0.2, 0) is 13.7 Å². The zero-order valence-corrected chi connectivity index (χ0v) is 15.0. The number of benzene rings is 2. The predicted molar refractivity (Wildman–Crippen MR) is 102 cm³/mol. The van der Waals surface area contributed by atoms with Crippen LogP contribution >= 0.6 is 0 Å². The number of nitrogens with one attached hydrogen (secondary N) is 1. The molecule has 7 heteroatoms. The lowest BCUT2D eigenvalue weighted by molar-refractivity contribution is 0.307. The summed E-state index contributed by atoms with van der Waals surface area (Å²) in [5, 5.41) is 12.3. The minimum Gasteiger partial charge on any atom is -0.494 e. The van der Waals surface area contributed by atoms with E-state index in [-0.39, 0.29) is 5.56 Å². The van der Waals surface area contributed by atoms with Crippen molar-refractivity contribution in [1.29, 1.82) is 0 Å². The number of rotatable bonds is 5. The fourth-order valence-corrected chi connectivity index (χ4v) is 2.90. The standard InChI is InChI=1S/C20H18N4O3/c1-24-19(25)10-18(26-2)20(23-24)15-5-3-4-6-17(15)27-12-13-7-8-16-14(9-13)11-21-22-16/h3-11H,12H2,1-2H3,(H,21,22). The van der Waals surface area contributed by atoms with Crippen LogP contribution in [0.25, 0.3) is 22.2 Å². The van der Waals surface area contributed by atoms with Gasteiger partial charge in [-0.1, -0.05) is 18.2 Å². The van der Waals surface area contributed by atoms with Crippen LogP contribution in [0.4, 0.5) is 0 Å². The van der Waals surface area contributed by atoms with Crippen LogP contribution in [-0.4, -0.2) is 27.1 Å². The number of methoxy groups -OCH3 is 1. The van der Waals surface area contributed by atoms with Gasteiger partial charge in [0.25, 0.3) is 5.56 Å². The molecule has 7 nitrogen and oxygen atoms in total. The van der Waals surface area contributed by atoms with Crippen LogP contribution < -0.4 is 15.0 Å². The number of aromatic amines is 1. The molecular formula is C20H18N4O3. The van der Waals surface area contributed by atoms with Gasteiger partial charge < -0.3 is 9.47 Å². The van der Waals surface area contributed by atoms with Crippen LogP contribution in [0.1, 0.15) is 5.56 Å². The lowest BCUT2D eigenvalue weighted by Crippen LogP contribution is -2.19. The van der Waals surface area contributed by atoms with Crippen LogP contribution in [0.3, 0.4) is 0 Å². The summed E-state index contributed by atoms with van der Waals surface area (Å²) < 4.78 is 12.7. The average Bonchev–Trinajstić information content (AvgIpc) is 3.16. The minimum atomic E-state index is -0.234. The first kappa shape index (κ1) is 16.8. The monoisotopic (exact) mass is 362 g/mol. The molecule has 0 radical (unpaired) electrons. The Bertz CT molecular complexity index is 1160. The van der Waals surface area contributed by atoms with Crippen LogP contribution in [0.2, 0.25) is 0 Å². The van der Waals surface area contributed by atoms with Crippen molar-refractivity contribution in [2.45, 2.75) is 6.61 Å². The zero-order chi connectivity index (χ0) is 18.8. The maximum absolute atomic E-state index is 11.8. The first-order chi connectivity index (χ1) is 13.2. The number of hydrogen-bond acceptors (Lipinski definition) is 5. The van der Waals surface area contributed by atoms with Crippen molar-refractivity contribution in [1.82, 2.24) is 20.0 Å². The molecule has 0 saturated carbocycles. The van der Waals surface area contributed by atoms with Crippen molar-refractivity contribution >= 4 is 10.9 Å². The number of H-pyrrole nitrogens is 1. The summed E-state index contributed by atoms with van der Waals surface area (Å²) in [5.41, 5.74) is 3.09. The molecular weight excluding hydrogens is 344 g/mol. The number of ether oxygens (including phenoxy) is 2. The third kappa shape index (κ3) is 3.27. The van der Waals surface area contributed by atoms with Gasteiger partial charge in [-0.05, 0) is 29.8 Å². The van der Waals surface area contributed by atoms with E-state index in [9.17, 15) is 4.79 Å². The van der Waals surface area contributed by atoms with Gasteiger partial charge in [-0.25, -0.2) is 4.68 Å². The molecule has 136 valence electrons. The fourth-order valence-electron chi connectivity index (χ4n) is 2.90. The summed E-state index contributed by atoms with van der Waals surface area (Å²) in [6.07, 6.45) is 1.78. The van der Waals surface area contributed by atoms with Crippen molar-refractivity contribution in [2.24, 2.45) is 7.05 Å². The summed E-state index contributed by atoms with van der Waals surface area (Å²) in [4.78, 5) is 11.8. The highest BCUT2D eigenvalue weighted by molar-refractivity contribution is 5.78. The van der Waals surface area contributed by atoms with Crippen molar-refractivity contribution in [3.8, 4) is 22.8 Å². The molecule has 0 saturated heterocycles. The second kappa shape index (κ2) is 6.95. The van der Waals surface area contributed by atoms with E-state index < -0.39 is 0 Å². The molecule has 2 heterocycles. The Balaban J connectivity index is 1.67. The van der Waals surface area contributed by atoms with Crippen molar-refractivity contribution in [2.75, 3.05) is 7.11 Å². The van der Waals surface area contributed by atoms with Crippen LogP contribution in [0.15, 0.2) is 59.5 Å². The first-order valence-corrected chi connectivity index (χ1v) is 8.42. The Morgan fingerprint density at radius 3 is 2.81 bits per heavy atom. The zero-order valence-electron chi connectivity index (χ0n) is 15.0. The molecule has 1 N–H and O–H groups in total. The van der Waals surface area contributed by atoms with Gasteiger partial charge in [-0.3, -0.25) is 9.89 Å². The summed E-state index contributed by atoms with van der Waals surface area (Å²) >= 11 is 0. The van der Waals surface area contributed by atoms with E-state index in [1.807, 2.05) is 42.5 Å². The quantitative estimate of drug-likeness (QED) is 0.590. The molecule has 2 aromatic heterocycles. The Kier molecular flexibility index (Phi) is 4.33. The smallest absolute Gasteiger partial charge is 0.270 e. The van der Waals surface area contributed by atoms with Gasteiger partial charge >= 0.3 is 0 Å². The third-order valence-corrected chi connectivity index (χ3v) is 4.32. The van der Waals surface area contributed by atoms with E-state index in [1.54, 1.807) is 13.2 Å². The number of para-hydroxylation sites is 1. The number of nitrogens with zero attached hydrogens (tertiary/aromatic N) is 3. The Morgan fingerprint density at radius 1 is 1.11 bits per heavy atom. The normalized spacial score (nSPS) is 10.9. The van der Waals surface area contributed by atoms with E-state index in [0.29, 0.717) is 23.8 Å². The Labute approximate surface area is 155 Å². The molecule has 0 amide bonds. The van der Waals surface area contributed by atoms with Gasteiger partial charge in [-0.15, -0.1) is 0 Å². The highest BCUT2D eigenvalue weighted by Crippen LogP contribution is 2.34. The second-order valence-corrected chi connectivity index (χ2v) is 6.10. The maximum Gasteiger partial charge on any atom is 0.270 e. The average molecular weight is 362 g/mol. The van der Waals surface area contributed by atoms with Gasteiger partial charge in [-0.2, -0.15) is 10.2 Å². The molecule has 0 atom stereocenters. The topological polar surface area (TPSA) is 82.0 Å². The summed E-state index contributed by atoms with van der Waals surface area (Å²) in [6.45, 7) is 0.395. The number of aryl methyl sites for hydroxylation is 1. The molecule has 2 aromatic carbocycles. The van der Waals surface area contributed by atoms with Gasteiger partial charge in [0.05, 0.1) is 18.8 Å². The van der Waals surface area contributed by atoms with E-state index in [1.165, 1.54) is 17.9 Å². The Morgan fingerprint density at radius 2 is 1.96 bits per heavy atom. The molecule has 0 aliphatic carbocycles. The van der Waals surface area contributed by atoms with Gasteiger partial charge in [0.1, 0.15) is 18.1 Å².